The van der Waals surface area contributed by atoms with E-state index in [0.29, 0.717) is 11.2 Å². The molecule has 0 spiro atoms. The molecule has 0 unspecified atom stereocenters. The molecule has 1 aromatic rings. The minimum Gasteiger partial charge on any atom is -0.497 e. The van der Waals surface area contributed by atoms with Crippen LogP contribution < -0.4 is 15.6 Å². The summed E-state index contributed by atoms with van der Waals surface area (Å²) in [6, 6.07) is 5.02. The third-order valence-electron chi connectivity index (χ3n) is 2.00. The predicted molar refractivity (Wildman–Crippen MR) is 64.1 cm³/mol. The zero-order valence-electron chi connectivity index (χ0n) is 9.34. The van der Waals surface area contributed by atoms with E-state index in [9.17, 15) is 0 Å². The number of rotatable bonds is 5. The van der Waals surface area contributed by atoms with Crippen LogP contribution in [0.25, 0.3) is 0 Å². The summed E-state index contributed by atoms with van der Waals surface area (Å²) in [5.41, 5.74) is 3.96. The number of hydrogen-bond acceptors (Lipinski definition) is 5. The molecule has 0 aromatic heterocycles. The van der Waals surface area contributed by atoms with Gasteiger partial charge in [0.2, 0.25) is 0 Å². The Bertz CT molecular complexity index is 369. The predicted octanol–water partition coefficient (Wildman–Crippen LogP) is -0.682. The fourth-order valence-corrected chi connectivity index (χ4v) is 1.23. The Balaban J connectivity index is 2.91. The van der Waals surface area contributed by atoms with Crippen LogP contribution in [0.1, 0.15) is 12.5 Å². The normalized spacial score (nSPS) is 10.5. The van der Waals surface area contributed by atoms with Crippen molar-refractivity contribution in [1.29, 1.82) is 0 Å². The molecule has 86 valence electrons. The summed E-state index contributed by atoms with van der Waals surface area (Å²) < 4.78 is 5.05. The molecule has 0 radical (unpaired) electrons. The smallest absolute Gasteiger partial charge is 0.492 e. The second-order valence-corrected chi connectivity index (χ2v) is 3.14. The molecule has 0 saturated heterocycles. The molecule has 0 aliphatic rings. The summed E-state index contributed by atoms with van der Waals surface area (Å²) in [4.78, 5) is 0. The van der Waals surface area contributed by atoms with E-state index in [4.69, 9.17) is 14.8 Å². The van der Waals surface area contributed by atoms with Crippen LogP contribution in [0.15, 0.2) is 23.3 Å². The lowest BCUT2D eigenvalue weighted by molar-refractivity contribution is 0.403. The number of ether oxygens (including phenoxy) is 1. The second-order valence-electron chi connectivity index (χ2n) is 3.14. The molecule has 0 amide bonds. The van der Waals surface area contributed by atoms with Crippen LogP contribution in [0.3, 0.4) is 0 Å². The molecule has 0 atom stereocenters. The molecular weight excluding hydrogens is 207 g/mol. The van der Waals surface area contributed by atoms with E-state index in [1.165, 1.54) is 7.11 Å². The van der Waals surface area contributed by atoms with Crippen LogP contribution in [0.5, 0.6) is 5.75 Å². The lowest BCUT2D eigenvalue weighted by Crippen LogP contribution is -2.31. The van der Waals surface area contributed by atoms with E-state index in [1.807, 2.05) is 6.92 Å². The van der Waals surface area contributed by atoms with Crippen molar-refractivity contribution in [3.05, 3.63) is 23.8 Å². The number of hydrogen-bond donors (Lipinski definition) is 3. The van der Waals surface area contributed by atoms with Gasteiger partial charge in [0, 0.05) is 12.0 Å². The first-order chi connectivity index (χ1) is 7.69. The largest absolute Gasteiger partial charge is 0.497 e. The minimum atomic E-state index is -1.53. The maximum absolute atomic E-state index is 9.07. The van der Waals surface area contributed by atoms with Crippen LogP contribution >= 0.6 is 0 Å². The van der Waals surface area contributed by atoms with Crippen LogP contribution in [-0.4, -0.2) is 37.0 Å². The first-order valence-electron chi connectivity index (χ1n) is 4.99. The molecule has 5 nitrogen and oxygen atoms in total. The van der Waals surface area contributed by atoms with Gasteiger partial charge in [0.1, 0.15) is 5.75 Å². The van der Waals surface area contributed by atoms with E-state index >= 15 is 0 Å². The summed E-state index contributed by atoms with van der Waals surface area (Å²) in [5.74, 6) is 0.426. The Morgan fingerprint density at radius 3 is 2.81 bits per heavy atom. The van der Waals surface area contributed by atoms with Crippen molar-refractivity contribution < 1.29 is 14.8 Å². The maximum atomic E-state index is 9.07. The van der Waals surface area contributed by atoms with Crippen LogP contribution in [-0.2, 0) is 0 Å². The number of methoxy groups -OCH3 is 1. The summed E-state index contributed by atoms with van der Waals surface area (Å²) >= 11 is 0. The highest BCUT2D eigenvalue weighted by atomic mass is 16.5. The average molecular weight is 222 g/mol. The third kappa shape index (κ3) is 3.25. The Morgan fingerprint density at radius 1 is 1.50 bits per heavy atom. The zero-order valence-corrected chi connectivity index (χ0v) is 9.34. The Labute approximate surface area is 94.9 Å². The molecule has 3 N–H and O–H groups in total. The van der Waals surface area contributed by atoms with Gasteiger partial charge in [0.25, 0.3) is 0 Å². The topological polar surface area (TPSA) is 74.1 Å². The van der Waals surface area contributed by atoms with Crippen molar-refractivity contribution >= 4 is 18.8 Å². The lowest BCUT2D eigenvalue weighted by Gasteiger charge is -2.08. The van der Waals surface area contributed by atoms with E-state index in [0.717, 1.165) is 12.1 Å². The van der Waals surface area contributed by atoms with E-state index in [-0.39, 0.29) is 0 Å². The summed E-state index contributed by atoms with van der Waals surface area (Å²) in [6.07, 6.45) is 1.64. The van der Waals surface area contributed by atoms with Crippen LogP contribution in [0.2, 0.25) is 0 Å². The molecule has 16 heavy (non-hydrogen) atoms. The molecule has 6 heteroatoms. The monoisotopic (exact) mass is 222 g/mol. The van der Waals surface area contributed by atoms with Crippen LogP contribution in [0, 0.1) is 0 Å². The first kappa shape index (κ1) is 12.5. The van der Waals surface area contributed by atoms with Crippen molar-refractivity contribution in [1.82, 2.24) is 5.43 Å². The van der Waals surface area contributed by atoms with E-state index in [2.05, 4.69) is 10.5 Å². The number of nitrogens with one attached hydrogen (secondary N) is 1. The molecule has 0 heterocycles. The molecule has 0 fully saturated rings. The number of nitrogens with zero attached hydrogens (tertiary/aromatic N) is 1. The number of hydrazone groups is 1. The van der Waals surface area contributed by atoms with Gasteiger partial charge >= 0.3 is 7.12 Å². The fourth-order valence-electron chi connectivity index (χ4n) is 1.23. The third-order valence-corrected chi connectivity index (χ3v) is 2.00. The van der Waals surface area contributed by atoms with Crippen molar-refractivity contribution in [2.75, 3.05) is 13.7 Å². The van der Waals surface area contributed by atoms with E-state index in [1.54, 1.807) is 24.4 Å². The maximum Gasteiger partial charge on any atom is 0.492 e. The molecule has 1 aromatic carbocycles. The molecule has 0 saturated carbocycles. The highest BCUT2D eigenvalue weighted by molar-refractivity contribution is 6.59. The molecular formula is C10H15BN2O3. The van der Waals surface area contributed by atoms with Crippen LogP contribution in [0.4, 0.5) is 0 Å². The van der Waals surface area contributed by atoms with Gasteiger partial charge in [-0.15, -0.1) is 0 Å². The fraction of sp³-hybridized carbons (Fsp3) is 0.300. The Kier molecular flexibility index (Phi) is 4.82. The van der Waals surface area contributed by atoms with Gasteiger partial charge < -0.3 is 20.2 Å². The van der Waals surface area contributed by atoms with Crippen molar-refractivity contribution in [2.45, 2.75) is 6.92 Å². The van der Waals surface area contributed by atoms with E-state index < -0.39 is 7.12 Å². The van der Waals surface area contributed by atoms with Gasteiger partial charge in [0.15, 0.2) is 0 Å². The molecule has 0 aliphatic carbocycles. The number of benzene rings is 1. The molecule has 0 bridgehead atoms. The van der Waals surface area contributed by atoms with Gasteiger partial charge in [-0.2, -0.15) is 5.10 Å². The van der Waals surface area contributed by atoms with Crippen molar-refractivity contribution in [3.63, 3.8) is 0 Å². The molecule has 0 aliphatic heterocycles. The quantitative estimate of drug-likeness (QED) is 0.350. The second kappa shape index (κ2) is 6.14. The van der Waals surface area contributed by atoms with Gasteiger partial charge in [-0.3, -0.25) is 0 Å². The summed E-state index contributed by atoms with van der Waals surface area (Å²) in [5, 5.41) is 22.1. The van der Waals surface area contributed by atoms with Crippen molar-refractivity contribution in [3.8, 4) is 5.75 Å². The van der Waals surface area contributed by atoms with Gasteiger partial charge in [-0.1, -0.05) is 12.1 Å². The standard InChI is InChI=1S/C10H15BN2O3/c1-3-12-13-7-8-4-5-9(11(14)15)10(6-8)16-2/h4-7,12,14-15H,3H2,1-2H3/b13-7+. The highest BCUT2D eigenvalue weighted by Crippen LogP contribution is 2.09. The van der Waals surface area contributed by atoms with Gasteiger partial charge in [-0.25, -0.2) is 0 Å². The Morgan fingerprint density at radius 2 is 2.25 bits per heavy atom. The molecule has 1 rings (SSSR count). The SMILES string of the molecule is CCN/N=C/c1ccc(B(O)O)c(OC)c1. The zero-order chi connectivity index (χ0) is 12.0. The summed E-state index contributed by atoms with van der Waals surface area (Å²) in [6.45, 7) is 2.70. The minimum absolute atomic E-state index is 0.336. The van der Waals surface area contributed by atoms with Gasteiger partial charge in [-0.05, 0) is 18.6 Å². The highest BCUT2D eigenvalue weighted by Gasteiger charge is 2.16. The lowest BCUT2D eigenvalue weighted by atomic mass is 9.79. The average Bonchev–Trinajstić information content (AvgIpc) is 2.29. The van der Waals surface area contributed by atoms with Gasteiger partial charge in [0.05, 0.1) is 13.3 Å². The van der Waals surface area contributed by atoms with Crippen molar-refractivity contribution in [2.24, 2.45) is 5.10 Å². The Hall–Kier alpha value is -1.53. The first-order valence-corrected chi connectivity index (χ1v) is 4.99. The summed E-state index contributed by atoms with van der Waals surface area (Å²) in [7, 11) is -0.0541.